The molecule has 0 radical (unpaired) electrons. The molecule has 4 rings (SSSR count). The summed E-state index contributed by atoms with van der Waals surface area (Å²) in [5.41, 5.74) is 9.65. The average molecular weight is 341 g/mol. The number of fused-ring (bicyclic) bond motifs is 2. The first-order valence-electron chi connectivity index (χ1n) is 9.69. The molecule has 2 aromatic carbocycles. The van der Waals surface area contributed by atoms with Crippen LogP contribution in [0, 0.1) is 11.3 Å². The predicted octanol–water partition coefficient (Wildman–Crippen LogP) is 6.39. The molecule has 0 heterocycles. The molecule has 2 aliphatic carbocycles. The van der Waals surface area contributed by atoms with Crippen LogP contribution < -0.4 is 0 Å². The Morgan fingerprint density at radius 1 is 0.885 bits per heavy atom. The minimum Gasteiger partial charge on any atom is -0.192 e. The zero-order chi connectivity index (χ0) is 18.5. The van der Waals surface area contributed by atoms with E-state index in [1.54, 1.807) is 0 Å². The van der Waals surface area contributed by atoms with E-state index < -0.39 is 0 Å². The molecule has 0 N–H and O–H groups in total. The summed E-state index contributed by atoms with van der Waals surface area (Å²) in [5, 5.41) is 9.11. The lowest BCUT2D eigenvalue weighted by atomic mass is 9.63. The standard InChI is InChI=1S/C25H27N/c1-24(2)11-12-25(3,4)23-15-17(6-10-22(23)24)13-19-7-8-20-14-18(16-26)5-9-21(19)20/h5-6,9-10,13-15H,7-8,11-12H2,1-4H3. The minimum atomic E-state index is 0.245. The van der Waals surface area contributed by atoms with Crippen LogP contribution in [0.4, 0.5) is 0 Å². The average Bonchev–Trinajstić information content (AvgIpc) is 3.01. The van der Waals surface area contributed by atoms with Crippen molar-refractivity contribution in [1.29, 1.82) is 5.26 Å². The van der Waals surface area contributed by atoms with Gasteiger partial charge in [0.05, 0.1) is 11.6 Å². The molecule has 0 fully saturated rings. The fraction of sp³-hybridized carbons (Fsp3) is 0.400. The Morgan fingerprint density at radius 2 is 1.62 bits per heavy atom. The number of rotatable bonds is 1. The Bertz CT molecular complexity index is 951. The van der Waals surface area contributed by atoms with Gasteiger partial charge in [-0.2, -0.15) is 5.26 Å². The summed E-state index contributed by atoms with van der Waals surface area (Å²) < 4.78 is 0. The molecule has 0 bridgehead atoms. The molecule has 0 atom stereocenters. The number of hydrogen-bond acceptors (Lipinski definition) is 1. The van der Waals surface area contributed by atoms with Gasteiger partial charge in [0.25, 0.3) is 0 Å². The van der Waals surface area contributed by atoms with Crippen LogP contribution in [0.5, 0.6) is 0 Å². The quantitative estimate of drug-likeness (QED) is 0.589. The molecule has 26 heavy (non-hydrogen) atoms. The molecule has 0 spiro atoms. The second kappa shape index (κ2) is 5.85. The highest BCUT2D eigenvalue weighted by molar-refractivity contribution is 5.85. The summed E-state index contributed by atoms with van der Waals surface area (Å²) in [7, 11) is 0. The summed E-state index contributed by atoms with van der Waals surface area (Å²) in [6.45, 7) is 9.51. The molecular weight excluding hydrogens is 314 g/mol. The van der Waals surface area contributed by atoms with Crippen molar-refractivity contribution in [2.45, 2.75) is 64.2 Å². The van der Waals surface area contributed by atoms with E-state index in [0.717, 1.165) is 18.4 Å². The Kier molecular flexibility index (Phi) is 3.85. The van der Waals surface area contributed by atoms with Crippen LogP contribution in [0.15, 0.2) is 36.4 Å². The minimum absolute atomic E-state index is 0.245. The maximum atomic E-state index is 9.11. The molecule has 0 aromatic heterocycles. The van der Waals surface area contributed by atoms with E-state index in [9.17, 15) is 0 Å². The van der Waals surface area contributed by atoms with Gasteiger partial charge >= 0.3 is 0 Å². The van der Waals surface area contributed by atoms with Crippen molar-refractivity contribution in [3.63, 3.8) is 0 Å². The Labute approximate surface area is 157 Å². The van der Waals surface area contributed by atoms with Crippen LogP contribution in [-0.4, -0.2) is 0 Å². The molecule has 2 aliphatic rings. The van der Waals surface area contributed by atoms with Crippen molar-refractivity contribution in [2.75, 3.05) is 0 Å². The highest BCUT2D eigenvalue weighted by Crippen LogP contribution is 2.46. The number of nitrogens with zero attached hydrogens (tertiary/aromatic N) is 1. The molecule has 2 aromatic rings. The summed E-state index contributed by atoms with van der Waals surface area (Å²) in [6.07, 6.45) is 6.96. The molecule has 0 aliphatic heterocycles. The molecular formula is C25H27N. The van der Waals surface area contributed by atoms with E-state index in [2.05, 4.69) is 70.2 Å². The van der Waals surface area contributed by atoms with Crippen molar-refractivity contribution in [1.82, 2.24) is 0 Å². The SMILES string of the molecule is CC1(C)CCC(C)(C)c2cc(C=C3CCc4cc(C#N)ccc43)ccc21. The molecule has 0 unspecified atom stereocenters. The van der Waals surface area contributed by atoms with Crippen LogP contribution in [0.2, 0.25) is 0 Å². The van der Waals surface area contributed by atoms with Gasteiger partial charge in [-0.1, -0.05) is 58.0 Å². The number of aryl methyl sites for hydroxylation is 1. The molecule has 1 nitrogen and oxygen atoms in total. The Hall–Kier alpha value is -2.33. The van der Waals surface area contributed by atoms with Gasteiger partial charge < -0.3 is 0 Å². The molecule has 0 saturated heterocycles. The van der Waals surface area contributed by atoms with Crippen LogP contribution in [0.3, 0.4) is 0 Å². The van der Waals surface area contributed by atoms with E-state index in [4.69, 9.17) is 5.26 Å². The highest BCUT2D eigenvalue weighted by Gasteiger charge is 2.36. The summed E-state index contributed by atoms with van der Waals surface area (Å²) in [4.78, 5) is 0. The third-order valence-corrected chi connectivity index (χ3v) is 6.46. The van der Waals surface area contributed by atoms with E-state index in [1.165, 1.54) is 46.2 Å². The van der Waals surface area contributed by atoms with Crippen LogP contribution in [-0.2, 0) is 17.3 Å². The van der Waals surface area contributed by atoms with Gasteiger partial charge in [0.1, 0.15) is 0 Å². The summed E-state index contributed by atoms with van der Waals surface area (Å²) in [5.74, 6) is 0. The lowest BCUT2D eigenvalue weighted by Gasteiger charge is -2.42. The number of benzene rings is 2. The lowest BCUT2D eigenvalue weighted by Crippen LogP contribution is -2.33. The molecule has 1 heteroatoms. The first-order valence-corrected chi connectivity index (χ1v) is 9.69. The Morgan fingerprint density at radius 3 is 2.35 bits per heavy atom. The number of allylic oxidation sites excluding steroid dienone is 1. The monoisotopic (exact) mass is 341 g/mol. The summed E-state index contributed by atoms with van der Waals surface area (Å²) in [6, 6.07) is 15.4. The van der Waals surface area contributed by atoms with Crippen LogP contribution in [0.25, 0.3) is 11.6 Å². The van der Waals surface area contributed by atoms with E-state index in [0.29, 0.717) is 0 Å². The first-order chi connectivity index (χ1) is 12.3. The van der Waals surface area contributed by atoms with E-state index in [-0.39, 0.29) is 10.8 Å². The van der Waals surface area contributed by atoms with Crippen molar-refractivity contribution in [2.24, 2.45) is 0 Å². The highest BCUT2D eigenvalue weighted by atomic mass is 14.4. The van der Waals surface area contributed by atoms with Gasteiger partial charge in [0.2, 0.25) is 0 Å². The first kappa shape index (κ1) is 17.1. The second-order valence-corrected chi connectivity index (χ2v) is 9.23. The summed E-state index contributed by atoms with van der Waals surface area (Å²) >= 11 is 0. The smallest absolute Gasteiger partial charge is 0.0991 e. The third-order valence-electron chi connectivity index (χ3n) is 6.46. The predicted molar refractivity (Wildman–Crippen MR) is 109 cm³/mol. The second-order valence-electron chi connectivity index (χ2n) is 9.23. The normalized spacial score (nSPS) is 21.1. The van der Waals surface area contributed by atoms with E-state index >= 15 is 0 Å². The largest absolute Gasteiger partial charge is 0.192 e. The van der Waals surface area contributed by atoms with Crippen molar-refractivity contribution >= 4 is 11.6 Å². The zero-order valence-corrected chi connectivity index (χ0v) is 16.3. The molecule has 0 amide bonds. The van der Waals surface area contributed by atoms with Gasteiger partial charge in [0.15, 0.2) is 0 Å². The van der Waals surface area contributed by atoms with Gasteiger partial charge in [-0.05, 0) is 82.0 Å². The van der Waals surface area contributed by atoms with Crippen molar-refractivity contribution in [3.8, 4) is 6.07 Å². The number of nitriles is 1. The molecule has 0 saturated carbocycles. The van der Waals surface area contributed by atoms with Crippen LogP contribution >= 0.6 is 0 Å². The fourth-order valence-electron chi connectivity index (χ4n) is 4.63. The van der Waals surface area contributed by atoms with Crippen molar-refractivity contribution < 1.29 is 0 Å². The van der Waals surface area contributed by atoms with Crippen molar-refractivity contribution in [3.05, 3.63) is 69.8 Å². The van der Waals surface area contributed by atoms with Gasteiger partial charge in [0, 0.05) is 0 Å². The maximum Gasteiger partial charge on any atom is 0.0991 e. The number of hydrogen-bond donors (Lipinski definition) is 0. The topological polar surface area (TPSA) is 23.8 Å². The molecule has 132 valence electrons. The Balaban J connectivity index is 1.76. The fourth-order valence-corrected chi connectivity index (χ4v) is 4.63. The van der Waals surface area contributed by atoms with Gasteiger partial charge in [-0.3, -0.25) is 0 Å². The van der Waals surface area contributed by atoms with Gasteiger partial charge in [-0.25, -0.2) is 0 Å². The lowest BCUT2D eigenvalue weighted by molar-refractivity contribution is 0.332. The van der Waals surface area contributed by atoms with Gasteiger partial charge in [-0.15, -0.1) is 0 Å². The zero-order valence-electron chi connectivity index (χ0n) is 16.3. The van der Waals surface area contributed by atoms with E-state index in [1.807, 2.05) is 6.07 Å². The maximum absolute atomic E-state index is 9.11. The third kappa shape index (κ3) is 2.78. The van der Waals surface area contributed by atoms with Crippen LogP contribution in [0.1, 0.15) is 80.3 Å².